The summed E-state index contributed by atoms with van der Waals surface area (Å²) in [5.41, 5.74) is 0.0293. The summed E-state index contributed by atoms with van der Waals surface area (Å²) in [6, 6.07) is 0.339. The van der Waals surface area contributed by atoms with Gasteiger partial charge in [-0.05, 0) is 32.2 Å². The number of methoxy groups -OCH3 is 1. The highest BCUT2D eigenvalue weighted by molar-refractivity contribution is 5.04. The van der Waals surface area contributed by atoms with Gasteiger partial charge in [0.05, 0.1) is 5.60 Å². The van der Waals surface area contributed by atoms with Crippen LogP contribution in [-0.2, 0) is 4.74 Å². The number of hydrogen-bond donors (Lipinski definition) is 1. The van der Waals surface area contributed by atoms with E-state index in [1.165, 1.54) is 6.42 Å². The molecule has 1 aliphatic carbocycles. The monoisotopic (exact) mass is 195 g/mol. The van der Waals surface area contributed by atoms with Gasteiger partial charge in [0.1, 0.15) is 0 Å². The van der Waals surface area contributed by atoms with Crippen molar-refractivity contribution in [3.8, 4) is 12.3 Å². The maximum absolute atomic E-state index is 5.63. The second kappa shape index (κ2) is 5.38. The van der Waals surface area contributed by atoms with Gasteiger partial charge in [0.2, 0.25) is 0 Å². The Balaban J connectivity index is 2.51. The molecule has 0 aliphatic heterocycles. The molecule has 0 saturated heterocycles. The highest BCUT2D eigenvalue weighted by Crippen LogP contribution is 2.39. The number of rotatable bonds is 6. The molecule has 1 atom stereocenters. The van der Waals surface area contributed by atoms with E-state index < -0.39 is 0 Å². The third-order valence-corrected chi connectivity index (χ3v) is 3.20. The Hall–Kier alpha value is -0.520. The normalized spacial score (nSPS) is 20.9. The van der Waals surface area contributed by atoms with Gasteiger partial charge < -0.3 is 10.1 Å². The second-order valence-electron chi connectivity index (χ2n) is 4.04. The minimum Gasteiger partial charge on any atom is -0.377 e. The predicted molar refractivity (Wildman–Crippen MR) is 59.1 cm³/mol. The minimum atomic E-state index is 0.0293. The Morgan fingerprint density at radius 3 is 2.64 bits per heavy atom. The third-order valence-electron chi connectivity index (χ3n) is 3.20. The molecule has 1 fully saturated rings. The van der Waals surface area contributed by atoms with Crippen molar-refractivity contribution >= 4 is 0 Å². The Kier molecular flexibility index (Phi) is 4.44. The summed E-state index contributed by atoms with van der Waals surface area (Å²) >= 11 is 0. The van der Waals surface area contributed by atoms with Crippen LogP contribution in [0.2, 0.25) is 0 Å². The van der Waals surface area contributed by atoms with Crippen LogP contribution >= 0.6 is 0 Å². The van der Waals surface area contributed by atoms with Gasteiger partial charge in [-0.2, -0.15) is 0 Å². The molecule has 0 amide bonds. The van der Waals surface area contributed by atoms with E-state index in [4.69, 9.17) is 11.2 Å². The molecule has 0 aromatic rings. The van der Waals surface area contributed by atoms with E-state index in [1.807, 2.05) is 0 Å². The van der Waals surface area contributed by atoms with E-state index in [9.17, 15) is 0 Å². The summed E-state index contributed by atoms with van der Waals surface area (Å²) in [6.45, 7) is 3.19. The van der Waals surface area contributed by atoms with Gasteiger partial charge in [-0.15, -0.1) is 12.3 Å². The van der Waals surface area contributed by atoms with Crippen molar-refractivity contribution in [3.63, 3.8) is 0 Å². The molecular weight excluding hydrogens is 174 g/mol. The fourth-order valence-corrected chi connectivity index (χ4v) is 2.10. The van der Waals surface area contributed by atoms with Crippen molar-refractivity contribution in [2.24, 2.45) is 0 Å². The standard InChI is InChI=1S/C12H21NO/c1-4-7-11(13-10-5-2)12(14-3)8-6-9-12/h1,11,13H,5-10H2,2-3H3. The molecule has 1 aliphatic rings. The fourth-order valence-electron chi connectivity index (χ4n) is 2.10. The van der Waals surface area contributed by atoms with E-state index >= 15 is 0 Å². The molecule has 0 bridgehead atoms. The smallest absolute Gasteiger partial charge is 0.0840 e. The summed E-state index contributed by atoms with van der Waals surface area (Å²) < 4.78 is 5.63. The van der Waals surface area contributed by atoms with Crippen LogP contribution in [0.25, 0.3) is 0 Å². The van der Waals surface area contributed by atoms with Crippen LogP contribution in [-0.4, -0.2) is 25.3 Å². The van der Waals surface area contributed by atoms with E-state index in [0.29, 0.717) is 6.04 Å². The Morgan fingerprint density at radius 1 is 1.57 bits per heavy atom. The zero-order valence-electron chi connectivity index (χ0n) is 9.31. The zero-order valence-corrected chi connectivity index (χ0v) is 9.31. The van der Waals surface area contributed by atoms with E-state index in [-0.39, 0.29) is 5.60 Å². The fraction of sp³-hybridized carbons (Fsp3) is 0.833. The molecule has 0 aromatic heterocycles. The van der Waals surface area contributed by atoms with Gasteiger partial charge in [0.15, 0.2) is 0 Å². The number of ether oxygens (including phenoxy) is 1. The first kappa shape index (κ1) is 11.6. The van der Waals surface area contributed by atoms with Gasteiger partial charge in [-0.25, -0.2) is 0 Å². The van der Waals surface area contributed by atoms with Crippen LogP contribution in [0.3, 0.4) is 0 Å². The lowest BCUT2D eigenvalue weighted by Crippen LogP contribution is -2.56. The molecule has 1 saturated carbocycles. The Bertz CT molecular complexity index is 197. The first-order valence-corrected chi connectivity index (χ1v) is 5.51. The van der Waals surface area contributed by atoms with Crippen molar-refractivity contribution in [2.45, 2.75) is 50.7 Å². The topological polar surface area (TPSA) is 21.3 Å². The maximum Gasteiger partial charge on any atom is 0.0840 e. The summed E-state index contributed by atoms with van der Waals surface area (Å²) in [7, 11) is 1.80. The van der Waals surface area contributed by atoms with Crippen LogP contribution in [0, 0.1) is 12.3 Å². The predicted octanol–water partition coefficient (Wildman–Crippen LogP) is 1.95. The molecule has 80 valence electrons. The molecule has 0 radical (unpaired) electrons. The average Bonchev–Trinajstić information content (AvgIpc) is 2.13. The Labute approximate surface area is 87.4 Å². The van der Waals surface area contributed by atoms with Crippen LogP contribution in [0.4, 0.5) is 0 Å². The molecule has 1 unspecified atom stereocenters. The maximum atomic E-state index is 5.63. The summed E-state index contributed by atoms with van der Waals surface area (Å²) in [6.07, 6.45) is 10.9. The van der Waals surface area contributed by atoms with Crippen molar-refractivity contribution in [1.82, 2.24) is 5.32 Å². The van der Waals surface area contributed by atoms with Crippen molar-refractivity contribution in [3.05, 3.63) is 0 Å². The van der Waals surface area contributed by atoms with Gasteiger partial charge in [0, 0.05) is 19.6 Å². The lowest BCUT2D eigenvalue weighted by atomic mass is 9.73. The zero-order chi connectivity index (χ0) is 10.4. The second-order valence-corrected chi connectivity index (χ2v) is 4.04. The van der Waals surface area contributed by atoms with Crippen molar-refractivity contribution in [1.29, 1.82) is 0 Å². The number of nitrogens with one attached hydrogen (secondary N) is 1. The molecule has 0 spiro atoms. The molecular formula is C12H21NO. The molecule has 14 heavy (non-hydrogen) atoms. The summed E-state index contributed by atoms with van der Waals surface area (Å²) in [5.74, 6) is 2.74. The highest BCUT2D eigenvalue weighted by Gasteiger charge is 2.43. The lowest BCUT2D eigenvalue weighted by Gasteiger charge is -2.46. The highest BCUT2D eigenvalue weighted by atomic mass is 16.5. The van der Waals surface area contributed by atoms with Gasteiger partial charge in [-0.1, -0.05) is 6.92 Å². The van der Waals surface area contributed by atoms with Crippen LogP contribution < -0.4 is 5.32 Å². The quantitative estimate of drug-likeness (QED) is 0.654. The SMILES string of the molecule is C#CCC(NCCC)C1(OC)CCC1. The van der Waals surface area contributed by atoms with E-state index in [2.05, 4.69) is 18.2 Å². The van der Waals surface area contributed by atoms with Crippen LogP contribution in [0.1, 0.15) is 39.0 Å². The molecule has 1 N–H and O–H groups in total. The van der Waals surface area contributed by atoms with Gasteiger partial charge in [0.25, 0.3) is 0 Å². The largest absolute Gasteiger partial charge is 0.377 e. The van der Waals surface area contributed by atoms with Crippen LogP contribution in [0.15, 0.2) is 0 Å². The minimum absolute atomic E-state index is 0.0293. The van der Waals surface area contributed by atoms with Gasteiger partial charge >= 0.3 is 0 Å². The van der Waals surface area contributed by atoms with Crippen molar-refractivity contribution < 1.29 is 4.74 Å². The summed E-state index contributed by atoms with van der Waals surface area (Å²) in [5, 5.41) is 3.50. The molecule has 0 heterocycles. The third kappa shape index (κ3) is 2.29. The van der Waals surface area contributed by atoms with E-state index in [0.717, 1.165) is 32.2 Å². The van der Waals surface area contributed by atoms with E-state index in [1.54, 1.807) is 7.11 Å². The lowest BCUT2D eigenvalue weighted by molar-refractivity contribution is -0.0970. The Morgan fingerprint density at radius 2 is 2.29 bits per heavy atom. The number of hydrogen-bond acceptors (Lipinski definition) is 2. The first-order valence-electron chi connectivity index (χ1n) is 5.51. The molecule has 2 heteroatoms. The average molecular weight is 195 g/mol. The molecule has 1 rings (SSSR count). The van der Waals surface area contributed by atoms with Crippen LogP contribution in [0.5, 0.6) is 0 Å². The number of terminal acetylenes is 1. The summed E-state index contributed by atoms with van der Waals surface area (Å²) in [4.78, 5) is 0. The van der Waals surface area contributed by atoms with Crippen molar-refractivity contribution in [2.75, 3.05) is 13.7 Å². The first-order chi connectivity index (χ1) is 6.79. The molecule has 2 nitrogen and oxygen atoms in total. The molecule has 0 aromatic carbocycles. The van der Waals surface area contributed by atoms with Gasteiger partial charge in [-0.3, -0.25) is 0 Å².